The van der Waals surface area contributed by atoms with Gasteiger partial charge in [-0.3, -0.25) is 4.79 Å². The van der Waals surface area contributed by atoms with Gasteiger partial charge in [0.2, 0.25) is 0 Å². The summed E-state index contributed by atoms with van der Waals surface area (Å²) in [6.07, 6.45) is 4.80. The molecule has 1 rings (SSSR count). The molecule has 6 heteroatoms. The fraction of sp³-hybridized carbons (Fsp3) is 0.125. The molecule has 5 nitrogen and oxygen atoms in total. The van der Waals surface area contributed by atoms with Crippen molar-refractivity contribution in [1.82, 2.24) is 4.90 Å². The molecule has 1 aromatic carbocycles. The van der Waals surface area contributed by atoms with Gasteiger partial charge >= 0.3 is 0 Å². The third kappa shape index (κ3) is 5.00. The van der Waals surface area contributed by atoms with E-state index in [1.807, 2.05) is 6.07 Å². The van der Waals surface area contributed by atoms with Gasteiger partial charge < -0.3 is 16.0 Å². The van der Waals surface area contributed by atoms with Crippen LogP contribution in [0.2, 0.25) is 5.02 Å². The average molecular weight is 317 g/mol. The molecule has 0 radical (unpaired) electrons. The molecule has 0 atom stereocenters. The van der Waals surface area contributed by atoms with Crippen molar-refractivity contribution in [2.24, 2.45) is 0 Å². The Labute approximate surface area is 135 Å². The Morgan fingerprint density at radius 3 is 2.55 bits per heavy atom. The molecule has 0 saturated heterocycles. The molecule has 22 heavy (non-hydrogen) atoms. The predicted octanol–water partition coefficient (Wildman–Crippen LogP) is 2.94. The molecule has 1 aromatic rings. The fourth-order valence-electron chi connectivity index (χ4n) is 1.65. The number of carbonyl (C=O) groups is 1. The number of nitrogens with one attached hydrogen (secondary N) is 1. The van der Waals surface area contributed by atoms with Gasteiger partial charge in [0.05, 0.1) is 10.7 Å². The van der Waals surface area contributed by atoms with Crippen LogP contribution in [0.1, 0.15) is 0 Å². The van der Waals surface area contributed by atoms with Crippen LogP contribution in [0.15, 0.2) is 55.3 Å². The number of anilines is 2. The van der Waals surface area contributed by atoms with Crippen LogP contribution >= 0.6 is 11.6 Å². The molecule has 0 saturated carbocycles. The summed E-state index contributed by atoms with van der Waals surface area (Å²) >= 11 is 5.99. The number of amides is 1. The summed E-state index contributed by atoms with van der Waals surface area (Å²) in [5.41, 5.74) is 6.42. The molecule has 0 aliphatic heterocycles. The Morgan fingerprint density at radius 1 is 1.41 bits per heavy atom. The molecule has 0 bridgehead atoms. The molecule has 0 spiro atoms. The van der Waals surface area contributed by atoms with Crippen LogP contribution in [0.5, 0.6) is 0 Å². The third-order valence-corrected chi connectivity index (χ3v) is 2.96. The van der Waals surface area contributed by atoms with Crippen LogP contribution in [-0.2, 0) is 4.79 Å². The van der Waals surface area contributed by atoms with E-state index < -0.39 is 5.91 Å². The van der Waals surface area contributed by atoms with Crippen LogP contribution in [0.4, 0.5) is 11.4 Å². The van der Waals surface area contributed by atoms with Crippen LogP contribution in [0.25, 0.3) is 0 Å². The lowest BCUT2D eigenvalue weighted by Gasteiger charge is -2.16. The zero-order valence-electron chi connectivity index (χ0n) is 12.1. The van der Waals surface area contributed by atoms with Gasteiger partial charge in [-0.05, 0) is 18.2 Å². The minimum Gasteiger partial charge on any atom is -0.399 e. The van der Waals surface area contributed by atoms with Gasteiger partial charge in [-0.2, -0.15) is 5.26 Å². The number of nitrogens with zero attached hydrogens (tertiary/aromatic N) is 2. The summed E-state index contributed by atoms with van der Waals surface area (Å²) in [5.74, 6) is -0.549. The highest BCUT2D eigenvalue weighted by Crippen LogP contribution is 2.24. The number of hydrogen-bond donors (Lipinski definition) is 2. The Balaban J connectivity index is 2.94. The highest BCUT2D eigenvalue weighted by molar-refractivity contribution is 6.34. The van der Waals surface area contributed by atoms with E-state index in [2.05, 4.69) is 18.5 Å². The molecule has 0 aliphatic rings. The molecule has 0 unspecified atom stereocenters. The maximum Gasteiger partial charge on any atom is 0.267 e. The van der Waals surface area contributed by atoms with Gasteiger partial charge in [-0.1, -0.05) is 23.8 Å². The second-order valence-electron chi connectivity index (χ2n) is 4.38. The normalized spacial score (nSPS) is 10.5. The van der Waals surface area contributed by atoms with Crippen molar-refractivity contribution < 1.29 is 4.79 Å². The zero-order valence-corrected chi connectivity index (χ0v) is 12.8. The first-order valence-electron chi connectivity index (χ1n) is 6.46. The lowest BCUT2D eigenvalue weighted by Crippen LogP contribution is -2.21. The molecular formula is C16H17ClN4O. The van der Waals surface area contributed by atoms with E-state index in [-0.39, 0.29) is 5.57 Å². The van der Waals surface area contributed by atoms with E-state index in [1.54, 1.807) is 29.2 Å². The van der Waals surface area contributed by atoms with Crippen LogP contribution in [0, 0.1) is 11.3 Å². The number of halogens is 1. The third-order valence-electron chi connectivity index (χ3n) is 2.65. The van der Waals surface area contributed by atoms with E-state index in [0.717, 1.165) is 0 Å². The minimum atomic E-state index is -0.549. The second kappa shape index (κ2) is 8.55. The smallest absolute Gasteiger partial charge is 0.267 e. The van der Waals surface area contributed by atoms with Gasteiger partial charge in [0.25, 0.3) is 5.91 Å². The van der Waals surface area contributed by atoms with Crippen LogP contribution in [0.3, 0.4) is 0 Å². The average Bonchev–Trinajstić information content (AvgIpc) is 2.47. The summed E-state index contributed by atoms with van der Waals surface area (Å²) in [5, 5.41) is 12.1. The molecule has 0 heterocycles. The number of nitriles is 1. The van der Waals surface area contributed by atoms with Gasteiger partial charge in [0.1, 0.15) is 11.6 Å². The number of hydrogen-bond acceptors (Lipinski definition) is 4. The first-order chi connectivity index (χ1) is 10.5. The fourth-order valence-corrected chi connectivity index (χ4v) is 1.89. The highest BCUT2D eigenvalue weighted by atomic mass is 35.5. The van der Waals surface area contributed by atoms with E-state index >= 15 is 0 Å². The molecule has 114 valence electrons. The van der Waals surface area contributed by atoms with Crippen LogP contribution < -0.4 is 11.1 Å². The van der Waals surface area contributed by atoms with Crippen molar-refractivity contribution >= 4 is 28.9 Å². The number of carbonyl (C=O) groups excluding carboxylic acids is 1. The standard InChI is InChI=1S/C16H17ClN4O/c1-3-7-21(8-4-2)11-12(10-18)16(22)20-15-6-5-13(19)9-14(15)17/h3-6,9,11H,1-2,7-8,19H2,(H,20,22)/b12-11-. The topological polar surface area (TPSA) is 82.2 Å². The largest absolute Gasteiger partial charge is 0.399 e. The number of nitrogens with two attached hydrogens (primary N) is 1. The van der Waals surface area contributed by atoms with Crippen molar-refractivity contribution in [3.8, 4) is 6.07 Å². The summed E-state index contributed by atoms with van der Waals surface area (Å²) < 4.78 is 0. The summed E-state index contributed by atoms with van der Waals surface area (Å²) in [6, 6.07) is 6.58. The van der Waals surface area contributed by atoms with E-state index in [9.17, 15) is 4.79 Å². The van der Waals surface area contributed by atoms with Gasteiger partial charge in [-0.25, -0.2) is 0 Å². The number of benzene rings is 1. The zero-order chi connectivity index (χ0) is 16.5. The number of rotatable bonds is 7. The van der Waals surface area contributed by atoms with Gasteiger partial charge in [-0.15, -0.1) is 13.2 Å². The van der Waals surface area contributed by atoms with Crippen molar-refractivity contribution in [3.05, 3.63) is 60.3 Å². The summed E-state index contributed by atoms with van der Waals surface area (Å²) in [4.78, 5) is 13.9. The van der Waals surface area contributed by atoms with Crippen molar-refractivity contribution in [3.63, 3.8) is 0 Å². The van der Waals surface area contributed by atoms with E-state index in [0.29, 0.717) is 29.5 Å². The first kappa shape index (κ1) is 17.3. The molecule has 0 aromatic heterocycles. The molecular weight excluding hydrogens is 300 g/mol. The van der Waals surface area contributed by atoms with E-state index in [1.165, 1.54) is 12.3 Å². The second-order valence-corrected chi connectivity index (χ2v) is 4.79. The monoisotopic (exact) mass is 316 g/mol. The quantitative estimate of drug-likeness (QED) is 0.351. The van der Waals surface area contributed by atoms with Gasteiger partial charge in [0, 0.05) is 25.0 Å². The molecule has 0 aliphatic carbocycles. The van der Waals surface area contributed by atoms with Crippen molar-refractivity contribution in [1.29, 1.82) is 5.26 Å². The molecule has 3 N–H and O–H groups in total. The Morgan fingerprint density at radius 2 is 2.05 bits per heavy atom. The maximum atomic E-state index is 12.2. The Kier molecular flexibility index (Phi) is 6.74. The minimum absolute atomic E-state index is 0.0448. The molecule has 0 fully saturated rings. The SMILES string of the molecule is C=CCN(/C=C(/C#N)C(=O)Nc1ccc(N)cc1Cl)CC=C. The summed E-state index contributed by atoms with van der Waals surface area (Å²) in [7, 11) is 0. The van der Waals surface area contributed by atoms with Crippen molar-refractivity contribution in [2.75, 3.05) is 24.1 Å². The Hall–Kier alpha value is -2.71. The maximum absolute atomic E-state index is 12.2. The first-order valence-corrected chi connectivity index (χ1v) is 6.83. The van der Waals surface area contributed by atoms with Crippen LogP contribution in [-0.4, -0.2) is 23.9 Å². The Bertz CT molecular complexity index is 636. The highest BCUT2D eigenvalue weighted by Gasteiger charge is 2.12. The number of nitrogen functional groups attached to an aromatic ring is 1. The summed E-state index contributed by atoms with van der Waals surface area (Å²) in [6.45, 7) is 8.25. The lowest BCUT2D eigenvalue weighted by molar-refractivity contribution is -0.112. The van der Waals surface area contributed by atoms with E-state index in [4.69, 9.17) is 22.6 Å². The predicted molar refractivity (Wildman–Crippen MR) is 90.2 cm³/mol. The molecule has 1 amide bonds. The van der Waals surface area contributed by atoms with Gasteiger partial charge in [0.15, 0.2) is 0 Å². The lowest BCUT2D eigenvalue weighted by atomic mass is 10.2. The van der Waals surface area contributed by atoms with Crippen molar-refractivity contribution in [2.45, 2.75) is 0 Å².